The van der Waals surface area contributed by atoms with E-state index in [1.54, 1.807) is 0 Å². The van der Waals surface area contributed by atoms with Crippen molar-refractivity contribution in [3.63, 3.8) is 0 Å². The zero-order valence-corrected chi connectivity index (χ0v) is 9.73. The highest BCUT2D eigenvalue weighted by Crippen LogP contribution is 2.32. The highest BCUT2D eigenvalue weighted by Gasteiger charge is 2.37. The van der Waals surface area contributed by atoms with Crippen molar-refractivity contribution in [2.75, 3.05) is 6.54 Å². The Hall–Kier alpha value is -0.370. The van der Waals surface area contributed by atoms with E-state index < -0.39 is 0 Å². The van der Waals surface area contributed by atoms with Gasteiger partial charge in [0.2, 0.25) is 0 Å². The van der Waals surface area contributed by atoms with Gasteiger partial charge in [-0.15, -0.1) is 0 Å². The molecule has 82 valence electrons. The molecule has 1 N–H and O–H groups in total. The maximum absolute atomic E-state index is 12.1. The van der Waals surface area contributed by atoms with Crippen molar-refractivity contribution in [3.05, 3.63) is 0 Å². The summed E-state index contributed by atoms with van der Waals surface area (Å²) < 4.78 is 0. The van der Waals surface area contributed by atoms with E-state index in [1.807, 2.05) is 0 Å². The molecule has 0 amide bonds. The molecule has 1 saturated heterocycles. The number of carbonyl (C=O) groups excluding carboxylic acids is 1. The van der Waals surface area contributed by atoms with Gasteiger partial charge in [0.1, 0.15) is 0 Å². The number of hydrogen-bond acceptors (Lipinski definition) is 2. The highest BCUT2D eigenvalue weighted by atomic mass is 16.1. The molecule has 2 nitrogen and oxygen atoms in total. The van der Waals surface area contributed by atoms with E-state index in [1.165, 1.54) is 12.8 Å². The van der Waals surface area contributed by atoms with Crippen LogP contribution in [-0.4, -0.2) is 18.4 Å². The molecule has 1 aliphatic heterocycles. The molecule has 1 rings (SSSR count). The molecule has 2 atom stereocenters. The molecule has 0 aromatic rings. The lowest BCUT2D eigenvalue weighted by atomic mass is 9.74. The largest absolute Gasteiger partial charge is 0.307 e. The number of hydrogen-bond donors (Lipinski definition) is 1. The summed E-state index contributed by atoms with van der Waals surface area (Å²) in [4.78, 5) is 12.1. The fraction of sp³-hybridized carbons (Fsp3) is 0.917. The third-order valence-electron chi connectivity index (χ3n) is 3.60. The number of ketones is 1. The van der Waals surface area contributed by atoms with E-state index in [4.69, 9.17) is 0 Å². The lowest BCUT2D eigenvalue weighted by Crippen LogP contribution is -2.53. The van der Waals surface area contributed by atoms with Crippen molar-refractivity contribution in [1.29, 1.82) is 0 Å². The second-order valence-corrected chi connectivity index (χ2v) is 4.68. The van der Waals surface area contributed by atoms with Crippen molar-refractivity contribution >= 4 is 5.78 Å². The number of Topliss-reactive ketones (excluding diaryl/α,β-unsaturated/α-hetero) is 1. The molecule has 14 heavy (non-hydrogen) atoms. The van der Waals surface area contributed by atoms with Crippen molar-refractivity contribution < 1.29 is 4.79 Å². The van der Waals surface area contributed by atoms with Crippen LogP contribution in [0.5, 0.6) is 0 Å². The van der Waals surface area contributed by atoms with E-state index in [0.29, 0.717) is 5.78 Å². The van der Waals surface area contributed by atoms with Crippen LogP contribution in [0.15, 0.2) is 0 Å². The molecule has 1 aliphatic rings. The van der Waals surface area contributed by atoms with E-state index in [9.17, 15) is 4.79 Å². The Kier molecular flexibility index (Phi) is 4.11. The van der Waals surface area contributed by atoms with E-state index in [-0.39, 0.29) is 11.5 Å². The smallest absolute Gasteiger partial charge is 0.155 e. The predicted octanol–water partition coefficient (Wildman–Crippen LogP) is 2.52. The van der Waals surface area contributed by atoms with Gasteiger partial charge in [0, 0.05) is 5.41 Å². The Morgan fingerprint density at radius 3 is 2.50 bits per heavy atom. The van der Waals surface area contributed by atoms with Gasteiger partial charge >= 0.3 is 0 Å². The summed E-state index contributed by atoms with van der Waals surface area (Å²) in [5, 5.41) is 3.21. The number of carbonyl (C=O) groups is 1. The minimum absolute atomic E-state index is 0.0753. The minimum atomic E-state index is -0.0753. The molecule has 0 saturated carbocycles. The third-order valence-corrected chi connectivity index (χ3v) is 3.60. The number of rotatable bonds is 6. The first kappa shape index (κ1) is 11.7. The summed E-state index contributed by atoms with van der Waals surface area (Å²) in [5.74, 6) is 0.444. The predicted molar refractivity (Wildman–Crippen MR) is 59.3 cm³/mol. The Morgan fingerprint density at radius 1 is 1.50 bits per heavy atom. The molecule has 1 fully saturated rings. The lowest BCUT2D eigenvalue weighted by molar-refractivity contribution is -0.132. The Morgan fingerprint density at radius 2 is 2.14 bits per heavy atom. The molecule has 0 radical (unpaired) electrons. The van der Waals surface area contributed by atoms with Gasteiger partial charge in [-0.2, -0.15) is 0 Å². The summed E-state index contributed by atoms with van der Waals surface area (Å²) in [6, 6.07) is 0.164. The SMILES string of the molecule is CCCCC(C)(CC)C(=O)[C@@H]1CCN1. The van der Waals surface area contributed by atoms with Crippen molar-refractivity contribution in [3.8, 4) is 0 Å². The van der Waals surface area contributed by atoms with E-state index in [2.05, 4.69) is 26.1 Å². The summed E-state index contributed by atoms with van der Waals surface area (Å²) in [7, 11) is 0. The van der Waals surface area contributed by atoms with Gasteiger partial charge in [0.25, 0.3) is 0 Å². The first-order valence-electron chi connectivity index (χ1n) is 5.91. The van der Waals surface area contributed by atoms with Gasteiger partial charge in [-0.25, -0.2) is 0 Å². The average molecular weight is 197 g/mol. The topological polar surface area (TPSA) is 29.1 Å². The highest BCUT2D eigenvalue weighted by molar-refractivity contribution is 5.90. The molecule has 1 heterocycles. The van der Waals surface area contributed by atoms with Crippen LogP contribution in [0, 0.1) is 5.41 Å². The van der Waals surface area contributed by atoms with Gasteiger partial charge in [0.15, 0.2) is 5.78 Å². The van der Waals surface area contributed by atoms with Crippen LogP contribution in [0.2, 0.25) is 0 Å². The van der Waals surface area contributed by atoms with Gasteiger partial charge < -0.3 is 5.32 Å². The minimum Gasteiger partial charge on any atom is -0.307 e. The molecule has 0 bridgehead atoms. The van der Waals surface area contributed by atoms with Gasteiger partial charge in [0.05, 0.1) is 6.04 Å². The molecule has 0 aromatic heterocycles. The molecular weight excluding hydrogens is 174 g/mol. The summed E-state index contributed by atoms with van der Waals surface area (Å²) in [6.45, 7) is 7.46. The zero-order chi connectivity index (χ0) is 10.6. The van der Waals surface area contributed by atoms with Crippen LogP contribution in [0.25, 0.3) is 0 Å². The van der Waals surface area contributed by atoms with Crippen LogP contribution in [0.3, 0.4) is 0 Å². The van der Waals surface area contributed by atoms with Gasteiger partial charge in [-0.3, -0.25) is 4.79 Å². The lowest BCUT2D eigenvalue weighted by Gasteiger charge is -2.35. The van der Waals surface area contributed by atoms with Crippen LogP contribution in [0.1, 0.15) is 52.9 Å². The first-order valence-corrected chi connectivity index (χ1v) is 5.91. The fourth-order valence-corrected chi connectivity index (χ4v) is 1.97. The van der Waals surface area contributed by atoms with Gasteiger partial charge in [-0.05, 0) is 25.8 Å². The van der Waals surface area contributed by atoms with Crippen molar-refractivity contribution in [1.82, 2.24) is 5.32 Å². The monoisotopic (exact) mass is 197 g/mol. The summed E-state index contributed by atoms with van der Waals surface area (Å²) >= 11 is 0. The molecule has 0 aliphatic carbocycles. The Balaban J connectivity index is 2.52. The third kappa shape index (κ3) is 2.35. The second-order valence-electron chi connectivity index (χ2n) is 4.68. The summed E-state index contributed by atoms with van der Waals surface area (Å²) in [5.41, 5.74) is -0.0753. The molecule has 2 heteroatoms. The van der Waals surface area contributed by atoms with Crippen LogP contribution >= 0.6 is 0 Å². The second kappa shape index (κ2) is 4.92. The van der Waals surface area contributed by atoms with Crippen molar-refractivity contribution in [2.24, 2.45) is 5.41 Å². The van der Waals surface area contributed by atoms with Crippen LogP contribution in [-0.2, 0) is 4.79 Å². The molecule has 0 spiro atoms. The summed E-state index contributed by atoms with van der Waals surface area (Å²) in [6.07, 6.45) is 5.42. The van der Waals surface area contributed by atoms with Gasteiger partial charge in [-0.1, -0.05) is 33.6 Å². The standard InChI is InChI=1S/C12H23NO/c1-4-6-8-12(3,5-2)11(14)10-7-9-13-10/h10,13H,4-9H2,1-3H3/t10-,12?/m0/s1. The zero-order valence-electron chi connectivity index (χ0n) is 9.73. The first-order chi connectivity index (χ1) is 6.64. The molecule has 0 aromatic carbocycles. The Labute approximate surface area is 87.5 Å². The number of unbranched alkanes of at least 4 members (excludes halogenated alkanes) is 1. The fourth-order valence-electron chi connectivity index (χ4n) is 1.97. The van der Waals surface area contributed by atoms with Crippen molar-refractivity contribution in [2.45, 2.75) is 58.9 Å². The van der Waals surface area contributed by atoms with E-state index >= 15 is 0 Å². The molecular formula is C12H23NO. The maximum Gasteiger partial charge on any atom is 0.155 e. The Bertz CT molecular complexity index is 198. The normalized spacial score (nSPS) is 25.2. The molecule has 1 unspecified atom stereocenters. The van der Waals surface area contributed by atoms with E-state index in [0.717, 1.165) is 25.8 Å². The number of nitrogens with one attached hydrogen (secondary N) is 1. The van der Waals surface area contributed by atoms with Crippen LogP contribution in [0.4, 0.5) is 0 Å². The van der Waals surface area contributed by atoms with Crippen LogP contribution < -0.4 is 5.32 Å². The average Bonchev–Trinajstić information content (AvgIpc) is 2.11. The maximum atomic E-state index is 12.1. The quantitative estimate of drug-likeness (QED) is 0.709.